The molecular formula is C57H102O8. The van der Waals surface area contributed by atoms with E-state index in [0.717, 1.165) is 103 Å². The van der Waals surface area contributed by atoms with E-state index in [1.165, 1.54) is 141 Å². The molecule has 0 aliphatic rings. The third kappa shape index (κ3) is 49.0. The minimum absolute atomic E-state index is 0.106. The number of hydrogen-bond donors (Lipinski definition) is 1. The van der Waals surface area contributed by atoms with Crippen molar-refractivity contribution in [3.05, 3.63) is 48.6 Å². The Kier molecular flexibility index (Phi) is 50.1. The first-order valence-corrected chi connectivity index (χ1v) is 27.4. The first kappa shape index (κ1) is 62.3. The molecule has 1 N–H and O–H groups in total. The van der Waals surface area contributed by atoms with Gasteiger partial charge >= 0.3 is 17.9 Å². The lowest BCUT2D eigenvalue weighted by molar-refractivity contribution is -0.281. The Morgan fingerprint density at radius 2 is 0.738 bits per heavy atom. The van der Waals surface area contributed by atoms with Gasteiger partial charge in [-0.05, 0) is 89.9 Å². The molecule has 0 aliphatic carbocycles. The fourth-order valence-electron chi connectivity index (χ4n) is 7.86. The average Bonchev–Trinajstić information content (AvgIpc) is 3.31. The summed E-state index contributed by atoms with van der Waals surface area (Å²) in [6.45, 7) is 6.42. The van der Waals surface area contributed by atoms with E-state index in [-0.39, 0.29) is 31.3 Å². The maximum atomic E-state index is 12.7. The van der Waals surface area contributed by atoms with Gasteiger partial charge in [0.25, 0.3) is 0 Å². The summed E-state index contributed by atoms with van der Waals surface area (Å²) in [4.78, 5) is 42.7. The summed E-state index contributed by atoms with van der Waals surface area (Å²) in [7, 11) is 0. The number of esters is 3. The van der Waals surface area contributed by atoms with Gasteiger partial charge in [0, 0.05) is 18.9 Å². The molecule has 0 spiro atoms. The van der Waals surface area contributed by atoms with E-state index in [1.807, 2.05) is 12.2 Å². The van der Waals surface area contributed by atoms with E-state index in [1.54, 1.807) is 6.08 Å². The van der Waals surface area contributed by atoms with E-state index in [9.17, 15) is 19.6 Å². The fourth-order valence-corrected chi connectivity index (χ4v) is 7.86. The number of allylic oxidation sites excluding steroid dienone is 7. The normalized spacial score (nSPS) is 12.4. The van der Waals surface area contributed by atoms with E-state index in [2.05, 4.69) is 45.1 Å². The van der Waals surface area contributed by atoms with E-state index in [0.29, 0.717) is 12.8 Å². The Hall–Kier alpha value is -2.71. The summed E-state index contributed by atoms with van der Waals surface area (Å²) < 4.78 is 16.6. The summed E-state index contributed by atoms with van der Waals surface area (Å²) in [5.74, 6) is -1.25. The largest absolute Gasteiger partial charge is 0.462 e. The minimum atomic E-state index is -0.884. The highest BCUT2D eigenvalue weighted by Crippen LogP contribution is 2.16. The molecule has 8 nitrogen and oxygen atoms in total. The third-order valence-corrected chi connectivity index (χ3v) is 12.1. The van der Waals surface area contributed by atoms with Gasteiger partial charge in [0.05, 0.1) is 6.10 Å². The molecule has 0 rings (SSSR count). The van der Waals surface area contributed by atoms with Gasteiger partial charge in [-0.25, -0.2) is 9.68 Å². The summed E-state index contributed by atoms with van der Waals surface area (Å²) in [5.41, 5.74) is 0. The molecule has 0 saturated heterocycles. The zero-order valence-corrected chi connectivity index (χ0v) is 42.6. The topological polar surface area (TPSA) is 108 Å². The first-order chi connectivity index (χ1) is 32.0. The van der Waals surface area contributed by atoms with Crippen LogP contribution in [0, 0.1) is 0 Å². The maximum absolute atomic E-state index is 12.7. The summed E-state index contributed by atoms with van der Waals surface area (Å²) in [6, 6.07) is 0. The van der Waals surface area contributed by atoms with Gasteiger partial charge in [-0.2, -0.15) is 0 Å². The van der Waals surface area contributed by atoms with Crippen molar-refractivity contribution in [1.82, 2.24) is 0 Å². The Morgan fingerprint density at radius 3 is 1.15 bits per heavy atom. The predicted octanol–water partition coefficient (Wildman–Crippen LogP) is 17.3. The summed E-state index contributed by atoms with van der Waals surface area (Å²) in [6.07, 6.45) is 58.4. The van der Waals surface area contributed by atoms with Crippen LogP contribution in [-0.4, -0.2) is 48.6 Å². The quantitative estimate of drug-likeness (QED) is 0.00939. The van der Waals surface area contributed by atoms with Crippen molar-refractivity contribution in [3.8, 4) is 0 Å². The summed E-state index contributed by atoms with van der Waals surface area (Å²) >= 11 is 0. The second-order valence-electron chi connectivity index (χ2n) is 18.4. The Bertz CT molecular complexity index is 1100. The van der Waals surface area contributed by atoms with Crippen LogP contribution < -0.4 is 0 Å². The van der Waals surface area contributed by atoms with Crippen molar-refractivity contribution in [3.63, 3.8) is 0 Å². The molecule has 0 saturated carbocycles. The average molecular weight is 915 g/mol. The van der Waals surface area contributed by atoms with E-state index < -0.39 is 12.1 Å². The van der Waals surface area contributed by atoms with Crippen LogP contribution in [0.3, 0.4) is 0 Å². The number of unbranched alkanes of at least 4 members (excludes halogenated alkanes) is 29. The zero-order valence-electron chi connectivity index (χ0n) is 42.6. The highest BCUT2D eigenvalue weighted by Gasteiger charge is 2.18. The second kappa shape index (κ2) is 52.3. The van der Waals surface area contributed by atoms with Gasteiger partial charge in [-0.1, -0.05) is 211 Å². The smallest absolute Gasteiger partial charge is 0.331 e. The number of hydrogen-bond acceptors (Lipinski definition) is 8. The Labute approximate surface area is 400 Å². The van der Waals surface area contributed by atoms with Crippen molar-refractivity contribution < 1.29 is 38.7 Å². The van der Waals surface area contributed by atoms with Crippen molar-refractivity contribution in [2.45, 2.75) is 283 Å². The molecule has 0 aromatic rings. The lowest BCUT2D eigenvalue weighted by atomic mass is 10.0. The molecule has 0 bridgehead atoms. The number of carbonyl (C=O) groups excluding carboxylic acids is 3. The summed E-state index contributed by atoms with van der Waals surface area (Å²) in [5, 5.41) is 9.28. The molecule has 0 heterocycles. The molecule has 0 aromatic carbocycles. The van der Waals surface area contributed by atoms with Crippen LogP contribution in [-0.2, 0) is 33.5 Å². The molecule has 1 atom stereocenters. The van der Waals surface area contributed by atoms with E-state index in [4.69, 9.17) is 19.1 Å². The van der Waals surface area contributed by atoms with Crippen molar-refractivity contribution in [2.75, 3.05) is 13.2 Å². The van der Waals surface area contributed by atoms with Crippen LogP contribution in [0.1, 0.15) is 271 Å². The van der Waals surface area contributed by atoms with Gasteiger partial charge in [-0.3, -0.25) is 14.8 Å². The fraction of sp³-hybridized carbons (Fsp3) is 0.807. The van der Waals surface area contributed by atoms with Crippen LogP contribution in [0.15, 0.2) is 48.6 Å². The van der Waals surface area contributed by atoms with Crippen LogP contribution in [0.4, 0.5) is 0 Å². The van der Waals surface area contributed by atoms with E-state index >= 15 is 0 Å². The van der Waals surface area contributed by atoms with Gasteiger partial charge in [0.1, 0.15) is 13.2 Å². The molecule has 0 amide bonds. The molecule has 378 valence electrons. The number of carbonyl (C=O) groups is 3. The van der Waals surface area contributed by atoms with Gasteiger partial charge in [0.15, 0.2) is 6.10 Å². The van der Waals surface area contributed by atoms with Crippen LogP contribution >= 0.6 is 0 Å². The molecular weight excluding hydrogens is 813 g/mol. The van der Waals surface area contributed by atoms with Gasteiger partial charge in [0.2, 0.25) is 0 Å². The highest BCUT2D eigenvalue weighted by molar-refractivity contribution is 5.82. The van der Waals surface area contributed by atoms with Crippen LogP contribution in [0.5, 0.6) is 0 Å². The van der Waals surface area contributed by atoms with Crippen LogP contribution in [0.25, 0.3) is 0 Å². The minimum Gasteiger partial charge on any atom is -0.462 e. The van der Waals surface area contributed by atoms with Crippen molar-refractivity contribution in [2.24, 2.45) is 0 Å². The first-order valence-electron chi connectivity index (χ1n) is 27.4. The SMILES string of the molecule is CCCCCCCC/C=C\CCCCCCCC(=O)OCC(COC(=O)CCCCCCC/C=C\CCCCCCCC)OC(=O)C=CC=CCCCCC(CCCCCCCC)OO. The lowest BCUT2D eigenvalue weighted by Gasteiger charge is -2.17. The number of rotatable bonds is 50. The molecule has 65 heavy (non-hydrogen) atoms. The molecule has 0 radical (unpaired) electrons. The lowest BCUT2D eigenvalue weighted by Crippen LogP contribution is -2.30. The molecule has 1 unspecified atom stereocenters. The maximum Gasteiger partial charge on any atom is 0.331 e. The number of ether oxygens (including phenoxy) is 3. The van der Waals surface area contributed by atoms with Crippen molar-refractivity contribution >= 4 is 17.9 Å². The standard InChI is InChI=1S/C57H102O8/c1-4-7-10-13-16-18-20-22-24-26-28-30-32-38-43-48-55(58)62-51-54(52-63-56(59)49-44-39-33-31-29-27-25-23-21-19-17-14-11-8-5-2)64-57(60)50-45-40-35-34-37-42-47-53(65-61)46-41-36-15-12-9-6-3/h22-25,35,40,45,50,53-54,61H,4-21,26-34,36-39,41-44,46-49,51-52H2,1-3H3/b24-22-,25-23-,40-35?,50-45?. The molecule has 0 fully saturated rings. The zero-order chi connectivity index (χ0) is 47.4. The third-order valence-electron chi connectivity index (χ3n) is 12.1. The molecule has 0 aromatic heterocycles. The van der Waals surface area contributed by atoms with Crippen molar-refractivity contribution in [1.29, 1.82) is 0 Å². The predicted molar refractivity (Wildman–Crippen MR) is 273 cm³/mol. The molecule has 0 aliphatic heterocycles. The van der Waals surface area contributed by atoms with Crippen LogP contribution in [0.2, 0.25) is 0 Å². The van der Waals surface area contributed by atoms with Gasteiger partial charge in [-0.15, -0.1) is 0 Å². The Morgan fingerprint density at radius 1 is 0.400 bits per heavy atom. The molecule has 8 heteroatoms. The highest BCUT2D eigenvalue weighted by atomic mass is 17.1. The monoisotopic (exact) mass is 915 g/mol. The van der Waals surface area contributed by atoms with Gasteiger partial charge < -0.3 is 14.2 Å². The second-order valence-corrected chi connectivity index (χ2v) is 18.4. The Balaban J connectivity index is 4.58.